The van der Waals surface area contributed by atoms with Gasteiger partial charge >= 0.3 is 0 Å². The summed E-state index contributed by atoms with van der Waals surface area (Å²) in [6.07, 6.45) is 1.20. The third kappa shape index (κ3) is 5.81. The molecule has 2 saturated heterocycles. The van der Waals surface area contributed by atoms with E-state index >= 15 is 0 Å². The molecule has 1 amide bonds. The summed E-state index contributed by atoms with van der Waals surface area (Å²) in [6.45, 7) is 2.73. The molecule has 200 valence electrons. The summed E-state index contributed by atoms with van der Waals surface area (Å²) in [5.41, 5.74) is 2.22. The molecule has 1 atom stereocenters. The third-order valence-electron chi connectivity index (χ3n) is 7.27. The first kappa shape index (κ1) is 27.6. The maximum Gasteiger partial charge on any atom is 0.243 e. The van der Waals surface area contributed by atoms with E-state index in [1.807, 2.05) is 53.4 Å². The first-order valence-electron chi connectivity index (χ1n) is 12.6. The first-order chi connectivity index (χ1) is 18.2. The van der Waals surface area contributed by atoms with Crippen molar-refractivity contribution in [1.29, 1.82) is 0 Å². The van der Waals surface area contributed by atoms with Crippen LogP contribution in [0.5, 0.6) is 0 Å². The topological polar surface area (TPSA) is 60.9 Å². The molecule has 2 fully saturated rings. The molecule has 0 N–H and O–H groups in total. The smallest absolute Gasteiger partial charge is 0.243 e. The van der Waals surface area contributed by atoms with E-state index in [0.29, 0.717) is 55.6 Å². The number of sulfonamides is 1. The molecule has 0 radical (unpaired) electrons. The predicted molar refractivity (Wildman–Crippen MR) is 154 cm³/mol. The monoisotopic (exact) mass is 635 g/mol. The van der Waals surface area contributed by atoms with Crippen molar-refractivity contribution >= 4 is 55.1 Å². The van der Waals surface area contributed by atoms with E-state index in [0.717, 1.165) is 15.6 Å². The molecule has 0 saturated carbocycles. The standard InChI is InChI=1S/C28H28BrCl2N3O3S/c29-22-7-13-25(14-8-22)38(36,37)34-15-1-2-26(34)28(35)33-18-16-32(17-19-33)27(20-3-9-23(30)10-4-20)21-5-11-24(31)12-6-21/h3-14,26-27H,1-2,15-19H2. The Balaban J connectivity index is 1.31. The van der Waals surface area contributed by atoms with Gasteiger partial charge in [-0.15, -0.1) is 0 Å². The largest absolute Gasteiger partial charge is 0.339 e. The van der Waals surface area contributed by atoms with E-state index in [9.17, 15) is 13.2 Å². The fourth-order valence-electron chi connectivity index (χ4n) is 5.33. The van der Waals surface area contributed by atoms with Gasteiger partial charge < -0.3 is 4.90 Å². The van der Waals surface area contributed by atoms with Gasteiger partial charge in [-0.2, -0.15) is 4.31 Å². The van der Waals surface area contributed by atoms with Crippen LogP contribution in [0.3, 0.4) is 0 Å². The summed E-state index contributed by atoms with van der Waals surface area (Å²) in [6, 6.07) is 21.6. The molecule has 2 aliphatic rings. The lowest BCUT2D eigenvalue weighted by molar-refractivity contribution is -0.136. The van der Waals surface area contributed by atoms with Crippen LogP contribution in [-0.4, -0.2) is 67.2 Å². The molecule has 6 nitrogen and oxygen atoms in total. The quantitative estimate of drug-likeness (QED) is 0.341. The van der Waals surface area contributed by atoms with Gasteiger partial charge in [-0.05, 0) is 72.5 Å². The van der Waals surface area contributed by atoms with Crippen molar-refractivity contribution in [3.63, 3.8) is 0 Å². The zero-order valence-corrected chi connectivity index (χ0v) is 24.6. The Bertz CT molecular complexity index is 1330. The van der Waals surface area contributed by atoms with Gasteiger partial charge in [-0.25, -0.2) is 8.42 Å². The Morgan fingerprint density at radius 2 is 1.32 bits per heavy atom. The van der Waals surface area contributed by atoms with E-state index in [1.165, 1.54) is 4.31 Å². The zero-order valence-electron chi connectivity index (χ0n) is 20.6. The maximum absolute atomic E-state index is 13.6. The second-order valence-corrected chi connectivity index (χ2v) is 13.3. The summed E-state index contributed by atoms with van der Waals surface area (Å²) in [5.74, 6) is -0.114. The Kier molecular flexibility index (Phi) is 8.48. The van der Waals surface area contributed by atoms with Crippen LogP contribution < -0.4 is 0 Å². The normalized spacial score (nSPS) is 19.3. The molecule has 0 bridgehead atoms. The highest BCUT2D eigenvalue weighted by molar-refractivity contribution is 9.10. The lowest BCUT2D eigenvalue weighted by Gasteiger charge is -2.41. The predicted octanol–water partition coefficient (Wildman–Crippen LogP) is 5.84. The minimum atomic E-state index is -3.76. The van der Waals surface area contributed by atoms with Gasteiger partial charge in [0.15, 0.2) is 0 Å². The summed E-state index contributed by atoms with van der Waals surface area (Å²) in [4.78, 5) is 18.0. The minimum absolute atomic E-state index is 0.0115. The van der Waals surface area contributed by atoms with E-state index in [-0.39, 0.29) is 16.8 Å². The van der Waals surface area contributed by atoms with Crippen LogP contribution in [0, 0.1) is 0 Å². The van der Waals surface area contributed by atoms with Crippen molar-refractivity contribution in [2.24, 2.45) is 0 Å². The Morgan fingerprint density at radius 3 is 1.84 bits per heavy atom. The van der Waals surface area contributed by atoms with Gasteiger partial charge in [-0.1, -0.05) is 63.4 Å². The Labute approximate surface area is 242 Å². The van der Waals surface area contributed by atoms with Crippen molar-refractivity contribution in [2.45, 2.75) is 29.8 Å². The van der Waals surface area contributed by atoms with Crippen LogP contribution in [0.25, 0.3) is 0 Å². The SMILES string of the molecule is O=C(C1CCCN1S(=O)(=O)c1ccc(Br)cc1)N1CCN(C(c2ccc(Cl)cc2)c2ccc(Cl)cc2)CC1. The highest BCUT2D eigenvalue weighted by atomic mass is 79.9. The Morgan fingerprint density at radius 1 is 0.789 bits per heavy atom. The number of piperazine rings is 1. The Hall–Kier alpha value is -1.94. The number of halogens is 3. The van der Waals surface area contributed by atoms with Crippen LogP contribution in [0.15, 0.2) is 82.2 Å². The molecule has 0 spiro atoms. The molecule has 1 unspecified atom stereocenters. The average molecular weight is 637 g/mol. The zero-order chi connectivity index (χ0) is 26.9. The maximum atomic E-state index is 13.6. The molecular weight excluding hydrogens is 609 g/mol. The number of benzene rings is 3. The van der Waals surface area contributed by atoms with Crippen LogP contribution in [0.2, 0.25) is 10.0 Å². The molecule has 3 aromatic rings. The minimum Gasteiger partial charge on any atom is -0.339 e. The molecule has 10 heteroatoms. The molecule has 38 heavy (non-hydrogen) atoms. The van der Waals surface area contributed by atoms with Crippen molar-refractivity contribution < 1.29 is 13.2 Å². The summed E-state index contributed by atoms with van der Waals surface area (Å²) in [7, 11) is -3.76. The van der Waals surface area contributed by atoms with E-state index in [1.54, 1.807) is 24.3 Å². The van der Waals surface area contributed by atoms with Gasteiger partial charge in [-0.3, -0.25) is 9.69 Å². The highest BCUT2D eigenvalue weighted by Gasteiger charge is 2.42. The van der Waals surface area contributed by atoms with Crippen LogP contribution in [0.4, 0.5) is 0 Å². The number of carbonyl (C=O) groups is 1. The summed E-state index contributed by atoms with van der Waals surface area (Å²) < 4.78 is 28.9. The van der Waals surface area contributed by atoms with Crippen LogP contribution in [0.1, 0.15) is 30.0 Å². The molecule has 5 rings (SSSR count). The number of amides is 1. The molecule has 2 aliphatic heterocycles. The molecule has 3 aromatic carbocycles. The van der Waals surface area contributed by atoms with Crippen molar-refractivity contribution in [2.75, 3.05) is 32.7 Å². The van der Waals surface area contributed by atoms with Crippen molar-refractivity contribution in [3.05, 3.63) is 98.4 Å². The van der Waals surface area contributed by atoms with Gasteiger partial charge in [0.2, 0.25) is 15.9 Å². The van der Waals surface area contributed by atoms with Crippen molar-refractivity contribution in [1.82, 2.24) is 14.1 Å². The van der Waals surface area contributed by atoms with Crippen molar-refractivity contribution in [3.8, 4) is 0 Å². The van der Waals surface area contributed by atoms with Crippen LogP contribution in [-0.2, 0) is 14.8 Å². The number of nitrogens with zero attached hydrogens (tertiary/aromatic N) is 3. The van der Waals surface area contributed by atoms with E-state index in [2.05, 4.69) is 20.8 Å². The van der Waals surface area contributed by atoms with Gasteiger partial charge in [0, 0.05) is 47.2 Å². The summed E-state index contributed by atoms with van der Waals surface area (Å²) >= 11 is 15.7. The molecular formula is C28H28BrCl2N3O3S. The van der Waals surface area contributed by atoms with E-state index in [4.69, 9.17) is 23.2 Å². The first-order valence-corrected chi connectivity index (χ1v) is 15.5. The number of rotatable bonds is 6. The third-order valence-corrected chi connectivity index (χ3v) is 10.2. The molecule has 0 aliphatic carbocycles. The highest BCUT2D eigenvalue weighted by Crippen LogP contribution is 2.33. The van der Waals surface area contributed by atoms with Gasteiger partial charge in [0.1, 0.15) is 6.04 Å². The fraction of sp³-hybridized carbons (Fsp3) is 0.321. The second kappa shape index (κ2) is 11.7. The summed E-state index contributed by atoms with van der Waals surface area (Å²) in [5, 5.41) is 1.36. The van der Waals surface area contributed by atoms with Gasteiger partial charge in [0.05, 0.1) is 10.9 Å². The lowest BCUT2D eigenvalue weighted by atomic mass is 9.96. The molecule has 0 aromatic heterocycles. The van der Waals surface area contributed by atoms with E-state index < -0.39 is 16.1 Å². The molecule has 2 heterocycles. The van der Waals surface area contributed by atoms with Gasteiger partial charge in [0.25, 0.3) is 0 Å². The number of hydrogen-bond donors (Lipinski definition) is 0. The lowest BCUT2D eigenvalue weighted by Crippen LogP contribution is -2.54. The average Bonchev–Trinajstić information content (AvgIpc) is 3.42. The number of carbonyl (C=O) groups excluding carboxylic acids is 1. The van der Waals surface area contributed by atoms with Crippen LogP contribution >= 0.6 is 39.1 Å². The number of hydrogen-bond acceptors (Lipinski definition) is 4. The fourth-order valence-corrected chi connectivity index (χ4v) is 7.50. The second-order valence-electron chi connectivity index (χ2n) is 9.59.